The molecule has 0 saturated carbocycles. The summed E-state index contributed by atoms with van der Waals surface area (Å²) >= 11 is 0. The van der Waals surface area contributed by atoms with Gasteiger partial charge in [-0.3, -0.25) is 4.55 Å². The summed E-state index contributed by atoms with van der Waals surface area (Å²) in [5.74, 6) is 0.617. The van der Waals surface area contributed by atoms with Crippen molar-refractivity contribution in [3.63, 3.8) is 0 Å². The molecule has 0 aliphatic carbocycles. The van der Waals surface area contributed by atoms with Crippen LogP contribution in [0, 0.1) is 0 Å². The highest BCUT2D eigenvalue weighted by atomic mass is 32.2. The Balaban J connectivity index is 2.68. The summed E-state index contributed by atoms with van der Waals surface area (Å²) in [5, 5.41) is 1.01. The molecule has 21 heavy (non-hydrogen) atoms. The number of benzene rings is 2. The van der Waals surface area contributed by atoms with Crippen LogP contribution in [-0.4, -0.2) is 26.7 Å². The number of hydrogen-bond acceptors (Lipinski definition) is 4. The van der Waals surface area contributed by atoms with Crippen LogP contribution in [-0.2, 0) is 10.1 Å². The molecule has 114 valence electrons. The molecular formula is C15H18O5S. The van der Waals surface area contributed by atoms with Gasteiger partial charge < -0.3 is 9.47 Å². The molecule has 2 rings (SSSR count). The van der Waals surface area contributed by atoms with E-state index in [-0.39, 0.29) is 10.6 Å². The van der Waals surface area contributed by atoms with E-state index in [1.807, 2.05) is 0 Å². The van der Waals surface area contributed by atoms with Gasteiger partial charge in [-0.25, -0.2) is 0 Å². The van der Waals surface area contributed by atoms with Gasteiger partial charge in [-0.05, 0) is 6.42 Å². The summed E-state index contributed by atoms with van der Waals surface area (Å²) in [7, 11) is -3.04. The minimum absolute atomic E-state index is 0.0719. The van der Waals surface area contributed by atoms with Gasteiger partial charge in [0.1, 0.15) is 16.4 Å². The number of rotatable bonds is 6. The first-order chi connectivity index (χ1) is 9.99. The zero-order valence-corrected chi connectivity index (χ0v) is 12.8. The fourth-order valence-electron chi connectivity index (χ4n) is 2.15. The van der Waals surface area contributed by atoms with Gasteiger partial charge >= 0.3 is 0 Å². The Morgan fingerprint density at radius 2 is 1.81 bits per heavy atom. The summed E-state index contributed by atoms with van der Waals surface area (Å²) in [6.45, 7) is 2.60. The van der Waals surface area contributed by atoms with Crippen molar-refractivity contribution in [2.75, 3.05) is 13.7 Å². The van der Waals surface area contributed by atoms with Gasteiger partial charge in [0.05, 0.1) is 13.7 Å². The lowest BCUT2D eigenvalue weighted by atomic mass is 10.1. The van der Waals surface area contributed by atoms with Gasteiger partial charge in [0.2, 0.25) is 0 Å². The smallest absolute Gasteiger partial charge is 0.298 e. The van der Waals surface area contributed by atoms with Gasteiger partial charge in [-0.15, -0.1) is 0 Å². The van der Waals surface area contributed by atoms with Crippen LogP contribution in [0.1, 0.15) is 19.8 Å². The number of methoxy groups -OCH3 is 1. The van der Waals surface area contributed by atoms with E-state index in [0.29, 0.717) is 23.1 Å². The van der Waals surface area contributed by atoms with E-state index in [1.165, 1.54) is 13.2 Å². The molecule has 0 amide bonds. The van der Waals surface area contributed by atoms with Gasteiger partial charge in [0, 0.05) is 16.8 Å². The molecule has 0 heterocycles. The fraction of sp³-hybridized carbons (Fsp3) is 0.333. The Bertz CT molecular complexity index is 737. The second-order valence-electron chi connectivity index (χ2n) is 4.63. The van der Waals surface area contributed by atoms with Crippen molar-refractivity contribution in [1.29, 1.82) is 0 Å². The van der Waals surface area contributed by atoms with Crippen LogP contribution < -0.4 is 9.47 Å². The number of hydrogen-bond donors (Lipinski definition) is 1. The van der Waals surface area contributed by atoms with Gasteiger partial charge in [-0.1, -0.05) is 37.6 Å². The normalized spacial score (nSPS) is 11.6. The Morgan fingerprint density at radius 1 is 1.14 bits per heavy atom. The number of ether oxygens (including phenoxy) is 2. The molecule has 0 unspecified atom stereocenters. The third-order valence-electron chi connectivity index (χ3n) is 3.16. The summed E-state index contributed by atoms with van der Waals surface area (Å²) in [5.41, 5.74) is 0. The molecule has 0 aromatic heterocycles. The maximum atomic E-state index is 11.6. The summed E-state index contributed by atoms with van der Waals surface area (Å²) in [6.07, 6.45) is 1.90. The molecule has 0 radical (unpaired) electrons. The van der Waals surface area contributed by atoms with Gasteiger partial charge in [0.25, 0.3) is 10.1 Å². The summed E-state index contributed by atoms with van der Waals surface area (Å²) in [4.78, 5) is -0.233. The molecule has 2 aromatic carbocycles. The van der Waals surface area contributed by atoms with Crippen LogP contribution in [0.4, 0.5) is 0 Å². The van der Waals surface area contributed by atoms with Crippen LogP contribution in [0.5, 0.6) is 11.5 Å². The lowest BCUT2D eigenvalue weighted by Gasteiger charge is -2.14. The maximum Gasteiger partial charge on any atom is 0.298 e. The van der Waals surface area contributed by atoms with E-state index < -0.39 is 10.1 Å². The first-order valence-corrected chi connectivity index (χ1v) is 8.13. The van der Waals surface area contributed by atoms with Crippen molar-refractivity contribution in [3.8, 4) is 11.5 Å². The van der Waals surface area contributed by atoms with E-state index in [0.717, 1.165) is 12.8 Å². The molecule has 5 nitrogen and oxygen atoms in total. The molecule has 1 N–H and O–H groups in total. The van der Waals surface area contributed by atoms with Crippen molar-refractivity contribution >= 4 is 20.9 Å². The Kier molecular flexibility index (Phi) is 4.69. The van der Waals surface area contributed by atoms with Gasteiger partial charge in [0.15, 0.2) is 0 Å². The second kappa shape index (κ2) is 6.32. The van der Waals surface area contributed by atoms with Crippen LogP contribution >= 0.6 is 0 Å². The van der Waals surface area contributed by atoms with E-state index >= 15 is 0 Å². The van der Waals surface area contributed by atoms with Crippen LogP contribution in [0.15, 0.2) is 35.2 Å². The summed E-state index contributed by atoms with van der Waals surface area (Å²) in [6, 6.07) is 8.36. The highest BCUT2D eigenvalue weighted by Crippen LogP contribution is 2.38. The first-order valence-electron chi connectivity index (χ1n) is 6.69. The van der Waals surface area contributed by atoms with E-state index in [1.54, 1.807) is 24.3 Å². The Morgan fingerprint density at radius 3 is 2.38 bits per heavy atom. The second-order valence-corrected chi connectivity index (χ2v) is 5.99. The average Bonchev–Trinajstić information content (AvgIpc) is 2.45. The minimum Gasteiger partial charge on any atom is -0.495 e. The largest absolute Gasteiger partial charge is 0.495 e. The van der Waals surface area contributed by atoms with E-state index in [2.05, 4.69) is 6.92 Å². The summed E-state index contributed by atoms with van der Waals surface area (Å²) < 4.78 is 43.5. The van der Waals surface area contributed by atoms with Crippen molar-refractivity contribution in [2.24, 2.45) is 0 Å². The Labute approximate surface area is 124 Å². The number of fused-ring (bicyclic) bond motifs is 1. The highest BCUT2D eigenvalue weighted by Gasteiger charge is 2.22. The molecule has 6 heteroatoms. The third-order valence-corrected chi connectivity index (χ3v) is 4.09. The topological polar surface area (TPSA) is 72.8 Å². The molecule has 0 aliphatic heterocycles. The quantitative estimate of drug-likeness (QED) is 0.655. The van der Waals surface area contributed by atoms with E-state index in [4.69, 9.17) is 9.47 Å². The molecule has 2 aromatic rings. The third kappa shape index (κ3) is 3.28. The van der Waals surface area contributed by atoms with Crippen molar-refractivity contribution in [3.05, 3.63) is 30.3 Å². The maximum absolute atomic E-state index is 11.6. The minimum atomic E-state index is -4.39. The molecule has 0 saturated heterocycles. The molecule has 0 spiro atoms. The first kappa shape index (κ1) is 15.6. The predicted octanol–water partition coefficient (Wildman–Crippen LogP) is 3.27. The molecule has 0 bridgehead atoms. The fourth-order valence-corrected chi connectivity index (χ4v) is 3.01. The van der Waals surface area contributed by atoms with E-state index in [9.17, 15) is 13.0 Å². The average molecular weight is 310 g/mol. The molecule has 0 atom stereocenters. The van der Waals surface area contributed by atoms with Crippen molar-refractivity contribution < 1.29 is 22.4 Å². The van der Waals surface area contributed by atoms with Crippen molar-refractivity contribution in [2.45, 2.75) is 24.7 Å². The molecule has 0 fully saturated rings. The highest BCUT2D eigenvalue weighted by molar-refractivity contribution is 7.86. The zero-order chi connectivity index (χ0) is 15.5. The Hall–Kier alpha value is -1.79. The van der Waals surface area contributed by atoms with Crippen LogP contribution in [0.2, 0.25) is 0 Å². The zero-order valence-electron chi connectivity index (χ0n) is 12.0. The lowest BCUT2D eigenvalue weighted by Crippen LogP contribution is -2.05. The monoisotopic (exact) mass is 310 g/mol. The standard InChI is InChI=1S/C15H18O5S/c1-3-4-9-20-13-10-14(19-2)15(21(16,17)18)12-8-6-5-7-11(12)13/h5-8,10H,3-4,9H2,1-2H3,(H,16,17,18). The van der Waals surface area contributed by atoms with Crippen LogP contribution in [0.3, 0.4) is 0 Å². The molecule has 0 aliphatic rings. The SMILES string of the molecule is CCCCOc1cc(OC)c(S(=O)(=O)O)c2ccccc12. The van der Waals surface area contributed by atoms with Crippen molar-refractivity contribution in [1.82, 2.24) is 0 Å². The number of unbranched alkanes of at least 4 members (excludes halogenated alkanes) is 1. The molecular weight excluding hydrogens is 292 g/mol. The van der Waals surface area contributed by atoms with Crippen LogP contribution in [0.25, 0.3) is 10.8 Å². The lowest BCUT2D eigenvalue weighted by molar-refractivity contribution is 0.310. The van der Waals surface area contributed by atoms with Gasteiger partial charge in [-0.2, -0.15) is 8.42 Å². The predicted molar refractivity (Wildman–Crippen MR) is 80.7 cm³/mol.